The lowest BCUT2D eigenvalue weighted by Crippen LogP contribution is -2.33. The summed E-state index contributed by atoms with van der Waals surface area (Å²) in [5.74, 6) is 5.38. The molecular formula is C28H37N2OS3+. The fraction of sp³-hybridized carbons (Fsp3) is 0.536. The Balaban J connectivity index is 1.37. The summed E-state index contributed by atoms with van der Waals surface area (Å²) in [6.07, 6.45) is 12.6. The monoisotopic (exact) mass is 513 g/mol. The number of benzene rings is 1. The first kappa shape index (κ1) is 24.5. The van der Waals surface area contributed by atoms with Crippen LogP contribution in [0.4, 0.5) is 0 Å². The molecule has 5 rings (SSSR count). The summed E-state index contributed by atoms with van der Waals surface area (Å²) in [7, 11) is 0. The molecule has 0 bridgehead atoms. The molecule has 1 fully saturated rings. The van der Waals surface area contributed by atoms with Crippen LogP contribution in [-0.2, 0) is 11.3 Å². The average Bonchev–Trinajstić information content (AvgIpc) is 3.21. The third kappa shape index (κ3) is 5.95. The van der Waals surface area contributed by atoms with Gasteiger partial charge in [0.05, 0.1) is 13.2 Å². The number of aromatic nitrogens is 1. The van der Waals surface area contributed by atoms with E-state index in [1.54, 1.807) is 11.3 Å². The van der Waals surface area contributed by atoms with Crippen LogP contribution in [0.2, 0.25) is 0 Å². The summed E-state index contributed by atoms with van der Waals surface area (Å²) in [6, 6.07) is 8.81. The summed E-state index contributed by atoms with van der Waals surface area (Å²) in [5, 5.41) is 1.38. The topological polar surface area (TPSA) is 16.4 Å². The number of hydrogen-bond donors (Lipinski definition) is 0. The van der Waals surface area contributed by atoms with Crippen molar-refractivity contribution in [1.29, 1.82) is 0 Å². The number of hydrogen-bond acceptors (Lipinski definition) is 5. The van der Waals surface area contributed by atoms with Crippen LogP contribution in [0.1, 0.15) is 37.6 Å². The Hall–Kier alpha value is -1.21. The smallest absolute Gasteiger partial charge is 0.263 e. The molecule has 1 saturated heterocycles. The molecule has 1 aromatic heterocycles. The molecule has 0 amide bonds. The van der Waals surface area contributed by atoms with E-state index in [-0.39, 0.29) is 0 Å². The van der Waals surface area contributed by atoms with Gasteiger partial charge in [-0.05, 0) is 61.8 Å². The van der Waals surface area contributed by atoms with Crippen LogP contribution in [0.5, 0.6) is 0 Å². The number of nitrogens with zero attached hydrogens (tertiary/aromatic N) is 2. The predicted octanol–water partition coefficient (Wildman–Crippen LogP) is 6.40. The van der Waals surface area contributed by atoms with Crippen molar-refractivity contribution in [1.82, 2.24) is 4.90 Å². The highest BCUT2D eigenvalue weighted by atomic mass is 32.2. The zero-order valence-corrected chi connectivity index (χ0v) is 22.8. The summed E-state index contributed by atoms with van der Waals surface area (Å²) >= 11 is 6.00. The second kappa shape index (κ2) is 12.2. The molecule has 1 aromatic carbocycles. The van der Waals surface area contributed by atoms with E-state index in [0.717, 1.165) is 50.3 Å². The molecule has 1 unspecified atom stereocenters. The van der Waals surface area contributed by atoms with Gasteiger partial charge >= 0.3 is 0 Å². The third-order valence-corrected chi connectivity index (χ3v) is 10.1. The van der Waals surface area contributed by atoms with Crippen molar-refractivity contribution in [2.45, 2.75) is 39.2 Å². The average molecular weight is 514 g/mol. The molecule has 1 atom stereocenters. The lowest BCUT2D eigenvalue weighted by atomic mass is 9.78. The van der Waals surface area contributed by atoms with Crippen LogP contribution in [-0.4, -0.2) is 54.2 Å². The molecule has 0 N–H and O–H groups in total. The number of fused-ring (bicyclic) bond motifs is 2. The van der Waals surface area contributed by atoms with Gasteiger partial charge in [-0.2, -0.15) is 28.1 Å². The Kier molecular flexibility index (Phi) is 8.75. The van der Waals surface area contributed by atoms with Crippen molar-refractivity contribution in [3.63, 3.8) is 0 Å². The first-order valence-corrected chi connectivity index (χ1v) is 16.0. The van der Waals surface area contributed by atoms with E-state index >= 15 is 0 Å². The highest BCUT2D eigenvalue weighted by Crippen LogP contribution is 2.39. The standard InChI is InChI=1S/C28H37N2OS3/c1-2-30-26-5-3-4-6-27(26)34-28(30)20-22-7-8-23-9-10-25(21-24(23)19-22)29-11-15-32-17-13-31-14-18-33-16-12-29/h3-6,19-21,23H,2,7-18H2,1H3/q+1. The van der Waals surface area contributed by atoms with E-state index in [1.807, 2.05) is 34.9 Å². The highest BCUT2D eigenvalue weighted by Gasteiger charge is 2.26. The van der Waals surface area contributed by atoms with Crippen LogP contribution in [0.3, 0.4) is 0 Å². The van der Waals surface area contributed by atoms with Crippen LogP contribution < -0.4 is 4.57 Å². The number of aryl methyl sites for hydroxylation is 1. The molecule has 0 radical (unpaired) electrons. The van der Waals surface area contributed by atoms with Crippen molar-refractivity contribution >= 4 is 51.2 Å². The van der Waals surface area contributed by atoms with Crippen molar-refractivity contribution in [2.75, 3.05) is 49.3 Å². The molecule has 34 heavy (non-hydrogen) atoms. The zero-order chi connectivity index (χ0) is 23.2. The maximum absolute atomic E-state index is 5.71. The van der Waals surface area contributed by atoms with Crippen molar-refractivity contribution < 1.29 is 9.30 Å². The summed E-state index contributed by atoms with van der Waals surface area (Å²) in [5.41, 5.74) is 6.00. The van der Waals surface area contributed by atoms with E-state index < -0.39 is 0 Å². The van der Waals surface area contributed by atoms with Gasteiger partial charge in [0.25, 0.3) is 5.01 Å². The summed E-state index contributed by atoms with van der Waals surface area (Å²) < 4.78 is 9.57. The predicted molar refractivity (Wildman–Crippen MR) is 151 cm³/mol. The fourth-order valence-electron chi connectivity index (χ4n) is 5.27. The molecule has 3 nitrogen and oxygen atoms in total. The van der Waals surface area contributed by atoms with Crippen molar-refractivity contribution in [3.05, 3.63) is 58.3 Å². The Morgan fingerprint density at radius 1 is 1.00 bits per heavy atom. The molecule has 0 saturated carbocycles. The fourth-order valence-corrected chi connectivity index (χ4v) is 8.05. The van der Waals surface area contributed by atoms with Gasteiger partial charge in [-0.25, -0.2) is 0 Å². The second-order valence-electron chi connectivity index (χ2n) is 9.25. The van der Waals surface area contributed by atoms with Gasteiger partial charge in [-0.1, -0.05) is 29.5 Å². The van der Waals surface area contributed by atoms with E-state index in [9.17, 15) is 0 Å². The minimum absolute atomic E-state index is 0.745. The van der Waals surface area contributed by atoms with Gasteiger partial charge in [0.15, 0.2) is 0 Å². The molecule has 2 aromatic rings. The minimum atomic E-state index is 0.745. The lowest BCUT2D eigenvalue weighted by Gasteiger charge is -2.35. The molecule has 182 valence electrons. The van der Waals surface area contributed by atoms with Gasteiger partial charge in [0, 0.05) is 53.9 Å². The van der Waals surface area contributed by atoms with Crippen molar-refractivity contribution in [2.24, 2.45) is 5.92 Å². The van der Waals surface area contributed by atoms with Crippen LogP contribution in [0.25, 0.3) is 16.3 Å². The van der Waals surface area contributed by atoms with E-state index in [1.165, 1.54) is 58.0 Å². The van der Waals surface area contributed by atoms with Crippen LogP contribution >= 0.6 is 34.9 Å². The SMILES string of the molecule is CC[n+]1c(/C=C2/C=C3C=C(N4CCSCCOCCSCC4)CCC3CC2)sc2ccccc21. The van der Waals surface area contributed by atoms with Crippen molar-refractivity contribution in [3.8, 4) is 0 Å². The van der Waals surface area contributed by atoms with Crippen LogP contribution in [0.15, 0.2) is 53.3 Å². The highest BCUT2D eigenvalue weighted by molar-refractivity contribution is 7.99. The van der Waals surface area contributed by atoms with E-state index in [2.05, 4.69) is 58.9 Å². The first-order valence-electron chi connectivity index (χ1n) is 12.8. The van der Waals surface area contributed by atoms with Gasteiger partial charge in [0.2, 0.25) is 5.52 Å². The lowest BCUT2D eigenvalue weighted by molar-refractivity contribution is -0.665. The molecule has 2 aliphatic carbocycles. The first-order chi connectivity index (χ1) is 16.8. The normalized spacial score (nSPS) is 24.2. The Morgan fingerprint density at radius 3 is 2.56 bits per heavy atom. The number of ether oxygens (including phenoxy) is 1. The van der Waals surface area contributed by atoms with Gasteiger partial charge < -0.3 is 9.64 Å². The molecule has 6 heteroatoms. The Bertz CT molecular complexity index is 1060. The van der Waals surface area contributed by atoms with E-state index in [0.29, 0.717) is 0 Å². The molecule has 1 aliphatic heterocycles. The quantitative estimate of drug-likeness (QED) is 0.441. The Morgan fingerprint density at radius 2 is 1.76 bits per heavy atom. The minimum Gasteiger partial charge on any atom is -0.380 e. The summed E-state index contributed by atoms with van der Waals surface area (Å²) in [4.78, 5) is 2.69. The summed E-state index contributed by atoms with van der Waals surface area (Å²) in [6.45, 7) is 7.40. The second-order valence-corrected chi connectivity index (χ2v) is 12.8. The largest absolute Gasteiger partial charge is 0.380 e. The molecule has 0 spiro atoms. The van der Waals surface area contributed by atoms with Gasteiger partial charge in [-0.3, -0.25) is 0 Å². The number of allylic oxidation sites excluding steroid dienone is 5. The maximum Gasteiger partial charge on any atom is 0.263 e. The molecule has 2 heterocycles. The number of thioether (sulfide) groups is 2. The third-order valence-electron chi connectivity index (χ3n) is 7.11. The van der Waals surface area contributed by atoms with Gasteiger partial charge in [0.1, 0.15) is 11.2 Å². The number of rotatable bonds is 3. The molecule has 3 aliphatic rings. The van der Waals surface area contributed by atoms with E-state index in [4.69, 9.17) is 4.74 Å². The molecular weight excluding hydrogens is 477 g/mol. The van der Waals surface area contributed by atoms with Gasteiger partial charge in [-0.15, -0.1) is 0 Å². The number of thiazole rings is 1. The van der Waals surface area contributed by atoms with Crippen LogP contribution in [0, 0.1) is 5.92 Å². The zero-order valence-electron chi connectivity index (χ0n) is 20.3. The number of para-hydroxylation sites is 1. The Labute approximate surface area is 217 Å². The maximum atomic E-state index is 5.71.